The predicted octanol–water partition coefficient (Wildman–Crippen LogP) is 0.290. The fourth-order valence-electron chi connectivity index (χ4n) is 1.72. The molecule has 0 bridgehead atoms. The molecule has 1 aromatic heterocycles. The zero-order valence-corrected chi connectivity index (χ0v) is 10.8. The average Bonchev–Trinajstić information content (AvgIpc) is 2.90. The SMILES string of the molecule is C[C@H](N)C(=O)NCc1ccccc1Cn1cncn1. The third-order valence-corrected chi connectivity index (χ3v) is 2.78. The maximum absolute atomic E-state index is 11.5. The van der Waals surface area contributed by atoms with Crippen LogP contribution in [-0.4, -0.2) is 26.7 Å². The molecule has 6 heteroatoms. The summed E-state index contributed by atoms with van der Waals surface area (Å²) < 4.78 is 1.74. The van der Waals surface area contributed by atoms with E-state index < -0.39 is 6.04 Å². The van der Waals surface area contributed by atoms with Crippen molar-refractivity contribution in [3.63, 3.8) is 0 Å². The van der Waals surface area contributed by atoms with Gasteiger partial charge in [0.15, 0.2) is 0 Å². The van der Waals surface area contributed by atoms with E-state index in [4.69, 9.17) is 5.73 Å². The molecule has 0 fully saturated rings. The molecule has 1 atom stereocenters. The highest BCUT2D eigenvalue weighted by atomic mass is 16.2. The Bertz CT molecular complexity index is 536. The average molecular weight is 259 g/mol. The zero-order valence-electron chi connectivity index (χ0n) is 10.8. The Labute approximate surface area is 111 Å². The molecule has 0 radical (unpaired) electrons. The number of nitrogens with two attached hydrogens (primary N) is 1. The Balaban J connectivity index is 2.06. The van der Waals surface area contributed by atoms with Gasteiger partial charge in [-0.1, -0.05) is 24.3 Å². The van der Waals surface area contributed by atoms with E-state index in [1.807, 2.05) is 24.3 Å². The number of nitrogens with one attached hydrogen (secondary N) is 1. The highest BCUT2D eigenvalue weighted by Crippen LogP contribution is 2.09. The lowest BCUT2D eigenvalue weighted by atomic mass is 10.1. The summed E-state index contributed by atoms with van der Waals surface area (Å²) in [5.74, 6) is -0.157. The Morgan fingerprint density at radius 2 is 2.16 bits per heavy atom. The van der Waals surface area contributed by atoms with Crippen molar-refractivity contribution in [3.8, 4) is 0 Å². The molecular formula is C13H17N5O. The summed E-state index contributed by atoms with van der Waals surface area (Å²) in [6.45, 7) is 2.76. The Morgan fingerprint density at radius 3 is 2.79 bits per heavy atom. The van der Waals surface area contributed by atoms with E-state index in [2.05, 4.69) is 15.4 Å². The molecule has 0 unspecified atom stereocenters. The molecule has 19 heavy (non-hydrogen) atoms. The molecule has 0 spiro atoms. The van der Waals surface area contributed by atoms with Gasteiger partial charge < -0.3 is 11.1 Å². The topological polar surface area (TPSA) is 85.8 Å². The number of amides is 1. The van der Waals surface area contributed by atoms with Gasteiger partial charge in [0, 0.05) is 6.54 Å². The minimum absolute atomic E-state index is 0.157. The largest absolute Gasteiger partial charge is 0.351 e. The quantitative estimate of drug-likeness (QED) is 0.808. The van der Waals surface area contributed by atoms with E-state index in [1.54, 1.807) is 17.9 Å². The third kappa shape index (κ3) is 3.62. The number of carbonyl (C=O) groups excluding carboxylic acids is 1. The number of nitrogens with zero attached hydrogens (tertiary/aromatic N) is 3. The standard InChI is InChI=1S/C13H17N5O/c1-10(14)13(19)16-6-11-4-2-3-5-12(11)7-18-9-15-8-17-18/h2-5,8-10H,6-7,14H2,1H3,(H,16,19)/t10-/m0/s1. The van der Waals surface area contributed by atoms with Gasteiger partial charge in [0.1, 0.15) is 12.7 Å². The van der Waals surface area contributed by atoms with Gasteiger partial charge in [-0.05, 0) is 18.1 Å². The molecule has 3 N–H and O–H groups in total. The summed E-state index contributed by atoms with van der Waals surface area (Å²) in [6.07, 6.45) is 3.16. The fourth-order valence-corrected chi connectivity index (χ4v) is 1.72. The van der Waals surface area contributed by atoms with Crippen LogP contribution < -0.4 is 11.1 Å². The molecule has 6 nitrogen and oxygen atoms in total. The summed E-state index contributed by atoms with van der Waals surface area (Å²) in [4.78, 5) is 15.4. The molecule has 1 heterocycles. The van der Waals surface area contributed by atoms with Gasteiger partial charge in [0.25, 0.3) is 0 Å². The predicted molar refractivity (Wildman–Crippen MR) is 71.1 cm³/mol. The van der Waals surface area contributed by atoms with Crippen LogP contribution in [0.4, 0.5) is 0 Å². The molecule has 0 saturated heterocycles. The molecular weight excluding hydrogens is 242 g/mol. The van der Waals surface area contributed by atoms with Crippen molar-refractivity contribution in [3.05, 3.63) is 48.0 Å². The van der Waals surface area contributed by atoms with Crippen LogP contribution in [0.25, 0.3) is 0 Å². The van der Waals surface area contributed by atoms with E-state index in [9.17, 15) is 4.79 Å². The molecule has 0 saturated carbocycles. The Hall–Kier alpha value is -2.21. The second-order valence-electron chi connectivity index (χ2n) is 4.37. The first-order valence-corrected chi connectivity index (χ1v) is 6.09. The highest BCUT2D eigenvalue weighted by Gasteiger charge is 2.08. The van der Waals surface area contributed by atoms with E-state index >= 15 is 0 Å². The fraction of sp³-hybridized carbons (Fsp3) is 0.308. The van der Waals surface area contributed by atoms with Gasteiger partial charge in [-0.3, -0.25) is 4.79 Å². The van der Waals surface area contributed by atoms with Crippen molar-refractivity contribution in [2.45, 2.75) is 26.1 Å². The second kappa shape index (κ2) is 6.10. The van der Waals surface area contributed by atoms with E-state index in [-0.39, 0.29) is 5.91 Å². The molecule has 2 aromatic rings. The van der Waals surface area contributed by atoms with Crippen molar-refractivity contribution < 1.29 is 4.79 Å². The summed E-state index contributed by atoms with van der Waals surface area (Å²) in [5.41, 5.74) is 7.66. The summed E-state index contributed by atoms with van der Waals surface area (Å²) in [6, 6.07) is 7.40. The van der Waals surface area contributed by atoms with Gasteiger partial charge in [-0.15, -0.1) is 0 Å². The number of hydrogen-bond donors (Lipinski definition) is 2. The lowest BCUT2D eigenvalue weighted by Gasteiger charge is -2.11. The Kier molecular flexibility index (Phi) is 4.25. The van der Waals surface area contributed by atoms with Crippen LogP contribution in [0, 0.1) is 0 Å². The third-order valence-electron chi connectivity index (χ3n) is 2.78. The molecule has 2 rings (SSSR count). The lowest BCUT2D eigenvalue weighted by Crippen LogP contribution is -2.38. The van der Waals surface area contributed by atoms with Crippen LogP contribution in [0.2, 0.25) is 0 Å². The minimum Gasteiger partial charge on any atom is -0.351 e. The van der Waals surface area contributed by atoms with E-state index in [1.165, 1.54) is 6.33 Å². The first kappa shape index (κ1) is 13.2. The molecule has 0 aliphatic heterocycles. The maximum atomic E-state index is 11.5. The summed E-state index contributed by atoms with van der Waals surface area (Å²) >= 11 is 0. The van der Waals surface area contributed by atoms with Gasteiger partial charge >= 0.3 is 0 Å². The highest BCUT2D eigenvalue weighted by molar-refractivity contribution is 5.80. The molecule has 100 valence electrons. The summed E-state index contributed by atoms with van der Waals surface area (Å²) in [7, 11) is 0. The number of carbonyl (C=O) groups is 1. The van der Waals surface area contributed by atoms with Gasteiger partial charge in [-0.25, -0.2) is 9.67 Å². The van der Waals surface area contributed by atoms with Gasteiger partial charge in [0.05, 0.1) is 12.6 Å². The lowest BCUT2D eigenvalue weighted by molar-refractivity contribution is -0.122. The van der Waals surface area contributed by atoms with Crippen molar-refractivity contribution in [2.75, 3.05) is 0 Å². The van der Waals surface area contributed by atoms with Gasteiger partial charge in [-0.2, -0.15) is 5.10 Å². The molecule has 1 amide bonds. The number of rotatable bonds is 5. The molecule has 0 aliphatic rings. The number of benzene rings is 1. The number of aromatic nitrogens is 3. The van der Waals surface area contributed by atoms with Gasteiger partial charge in [0.2, 0.25) is 5.91 Å². The van der Waals surface area contributed by atoms with Crippen LogP contribution in [0.1, 0.15) is 18.1 Å². The van der Waals surface area contributed by atoms with Crippen LogP contribution >= 0.6 is 0 Å². The first-order valence-electron chi connectivity index (χ1n) is 6.09. The smallest absolute Gasteiger partial charge is 0.236 e. The molecule has 1 aromatic carbocycles. The normalized spacial score (nSPS) is 12.1. The first-order chi connectivity index (χ1) is 9.16. The monoisotopic (exact) mass is 259 g/mol. The van der Waals surface area contributed by atoms with Crippen LogP contribution in [0.15, 0.2) is 36.9 Å². The van der Waals surface area contributed by atoms with Crippen molar-refractivity contribution in [1.29, 1.82) is 0 Å². The van der Waals surface area contributed by atoms with E-state index in [0.717, 1.165) is 11.1 Å². The minimum atomic E-state index is -0.498. The van der Waals surface area contributed by atoms with E-state index in [0.29, 0.717) is 13.1 Å². The van der Waals surface area contributed by atoms with Crippen molar-refractivity contribution in [2.24, 2.45) is 5.73 Å². The number of hydrogen-bond acceptors (Lipinski definition) is 4. The van der Waals surface area contributed by atoms with Crippen molar-refractivity contribution in [1.82, 2.24) is 20.1 Å². The summed E-state index contributed by atoms with van der Waals surface area (Å²) in [5, 5.41) is 6.88. The second-order valence-corrected chi connectivity index (χ2v) is 4.37. The zero-order chi connectivity index (χ0) is 13.7. The van der Waals surface area contributed by atoms with Crippen LogP contribution in [0.5, 0.6) is 0 Å². The van der Waals surface area contributed by atoms with Crippen LogP contribution in [-0.2, 0) is 17.9 Å². The maximum Gasteiger partial charge on any atom is 0.236 e. The molecule has 0 aliphatic carbocycles. The Morgan fingerprint density at radius 1 is 1.42 bits per heavy atom. The van der Waals surface area contributed by atoms with Crippen LogP contribution in [0.3, 0.4) is 0 Å². The van der Waals surface area contributed by atoms with Crippen molar-refractivity contribution >= 4 is 5.91 Å².